The minimum absolute atomic E-state index is 0. The van der Waals surface area contributed by atoms with Crippen molar-refractivity contribution >= 4 is 25.2 Å². The first-order chi connectivity index (χ1) is 2.56. The molecule has 0 amide bonds. The van der Waals surface area contributed by atoms with Crippen LogP contribution in [0.2, 0.25) is 0 Å². The van der Waals surface area contributed by atoms with Crippen molar-refractivity contribution in [2.75, 3.05) is 0 Å². The molecule has 0 bridgehead atoms. The highest BCUT2D eigenvalue weighted by atomic mass is 31.2. The minimum Gasteiger partial charge on any atom is -0.412 e. The van der Waals surface area contributed by atoms with Gasteiger partial charge in [-0.15, -0.1) is 4.67 Å². The van der Waals surface area contributed by atoms with Crippen molar-refractivity contribution in [3.05, 3.63) is 0 Å². The molecule has 8 heteroatoms. The number of phosphoric acid groups is 1. The van der Waals surface area contributed by atoms with Crippen LogP contribution in [0.4, 0.5) is 0 Å². The molecule has 0 aliphatic heterocycles. The molecule has 6 nitrogen and oxygen atoms in total. The molecule has 0 radical (unpaired) electrons. The first kappa shape index (κ1) is 15.8. The SMILES string of the molecule is O.O=P(O)(O)OO.[AlH3]. The summed E-state index contributed by atoms with van der Waals surface area (Å²) in [7, 11) is -4.59. The minimum atomic E-state index is -4.59. The topological polar surface area (TPSA) is 118 Å². The Morgan fingerprint density at radius 1 is 1.38 bits per heavy atom. The molecule has 0 aromatic rings. The van der Waals surface area contributed by atoms with E-state index in [0.29, 0.717) is 0 Å². The van der Waals surface area contributed by atoms with E-state index in [1.807, 2.05) is 0 Å². The zero-order valence-corrected chi connectivity index (χ0v) is 4.00. The highest BCUT2D eigenvalue weighted by Gasteiger charge is 2.10. The molecule has 0 fully saturated rings. The number of hydrogen-bond acceptors (Lipinski definition) is 3. The fraction of sp³-hybridized carbons (Fsp3) is 0. The van der Waals surface area contributed by atoms with Crippen LogP contribution in [0.1, 0.15) is 0 Å². The molecule has 52 valence electrons. The van der Waals surface area contributed by atoms with Gasteiger partial charge in [0, 0.05) is 0 Å². The monoisotopic (exact) mass is 162 g/mol. The van der Waals surface area contributed by atoms with Gasteiger partial charge in [-0.05, 0) is 0 Å². The van der Waals surface area contributed by atoms with Crippen LogP contribution in [0.5, 0.6) is 0 Å². The lowest BCUT2D eigenvalue weighted by molar-refractivity contribution is -0.158. The summed E-state index contributed by atoms with van der Waals surface area (Å²) >= 11 is 0. The quantitative estimate of drug-likeness (QED) is 0.171. The third-order valence-corrected chi connectivity index (χ3v) is 0.319. The molecule has 0 spiro atoms. The molecule has 0 aliphatic rings. The van der Waals surface area contributed by atoms with Crippen molar-refractivity contribution in [2.24, 2.45) is 0 Å². The summed E-state index contributed by atoms with van der Waals surface area (Å²) in [5, 5.41) is 7.14. The third-order valence-electron chi connectivity index (χ3n) is 0.106. The maximum absolute atomic E-state index is 9.22. The summed E-state index contributed by atoms with van der Waals surface area (Å²) < 4.78 is 11.8. The molecule has 0 saturated heterocycles. The maximum atomic E-state index is 9.22. The lowest BCUT2D eigenvalue weighted by Gasteiger charge is -1.90. The lowest BCUT2D eigenvalue weighted by Crippen LogP contribution is -1.77. The molecular formula is H8AlO6P. The normalized spacial score (nSPS) is 8.88. The molecule has 0 aromatic carbocycles. The Morgan fingerprint density at radius 3 is 1.50 bits per heavy atom. The predicted octanol–water partition coefficient (Wildman–Crippen LogP) is -2.44. The molecular weight excluding hydrogens is 154 g/mol. The average Bonchev–Trinajstić information content (AvgIpc) is 1.35. The standard InChI is InChI=1S/Al.H3O5P.H2O.3H/c;1-5-6(2,3)4;;;;/h;1H,(H2,2,3,4);1H2;;;. The van der Waals surface area contributed by atoms with Crippen LogP contribution in [0.15, 0.2) is 0 Å². The van der Waals surface area contributed by atoms with E-state index in [-0.39, 0.29) is 22.8 Å². The molecule has 0 saturated carbocycles. The van der Waals surface area contributed by atoms with Gasteiger partial charge in [0.25, 0.3) is 0 Å². The Morgan fingerprint density at radius 2 is 1.50 bits per heavy atom. The number of hydrogen-bond donors (Lipinski definition) is 3. The Labute approximate surface area is 55.7 Å². The van der Waals surface area contributed by atoms with Crippen molar-refractivity contribution in [3.63, 3.8) is 0 Å². The van der Waals surface area contributed by atoms with Crippen LogP contribution < -0.4 is 0 Å². The zero-order valence-electron chi connectivity index (χ0n) is 3.11. The van der Waals surface area contributed by atoms with Crippen molar-refractivity contribution in [2.45, 2.75) is 0 Å². The molecule has 0 heterocycles. The van der Waals surface area contributed by atoms with Crippen LogP contribution in [0, 0.1) is 0 Å². The third kappa shape index (κ3) is 16.0. The Kier molecular flexibility index (Phi) is 11.3. The van der Waals surface area contributed by atoms with E-state index in [1.165, 1.54) is 0 Å². The first-order valence-electron chi connectivity index (χ1n) is 0.948. The maximum Gasteiger partial charge on any atom is 0.496 e. The van der Waals surface area contributed by atoms with Crippen molar-refractivity contribution in [1.82, 2.24) is 0 Å². The Hall–Kier alpha value is 0.562. The fourth-order valence-electron chi connectivity index (χ4n) is 0. The summed E-state index contributed by atoms with van der Waals surface area (Å²) in [6.07, 6.45) is 0. The van der Waals surface area contributed by atoms with Gasteiger partial charge in [0.05, 0.1) is 0 Å². The highest BCUT2D eigenvalue weighted by Crippen LogP contribution is 2.33. The van der Waals surface area contributed by atoms with Crippen LogP contribution in [-0.2, 0) is 9.24 Å². The van der Waals surface area contributed by atoms with E-state index in [4.69, 9.17) is 15.0 Å². The highest BCUT2D eigenvalue weighted by molar-refractivity contribution is 7.46. The Balaban J connectivity index is -0.000000125. The van der Waals surface area contributed by atoms with Crippen LogP contribution >= 0.6 is 7.82 Å². The van der Waals surface area contributed by atoms with Gasteiger partial charge in [-0.3, -0.25) is 0 Å². The van der Waals surface area contributed by atoms with Gasteiger partial charge < -0.3 is 15.3 Å². The second-order valence-corrected chi connectivity index (χ2v) is 1.72. The van der Waals surface area contributed by atoms with Crippen molar-refractivity contribution < 1.29 is 29.8 Å². The van der Waals surface area contributed by atoms with E-state index in [9.17, 15) is 4.57 Å². The summed E-state index contributed by atoms with van der Waals surface area (Å²) in [4.78, 5) is 14.9. The molecule has 0 unspecified atom stereocenters. The van der Waals surface area contributed by atoms with Gasteiger partial charge in [-0.25, -0.2) is 9.82 Å². The van der Waals surface area contributed by atoms with Gasteiger partial charge >= 0.3 is 7.82 Å². The van der Waals surface area contributed by atoms with E-state index < -0.39 is 7.82 Å². The average molecular weight is 162 g/mol. The molecule has 0 atom stereocenters. The molecule has 5 N–H and O–H groups in total. The van der Waals surface area contributed by atoms with Gasteiger partial charge in [0.2, 0.25) is 0 Å². The molecule has 0 aromatic heterocycles. The number of rotatable bonds is 1. The van der Waals surface area contributed by atoms with Gasteiger partial charge in [-0.1, -0.05) is 0 Å². The van der Waals surface area contributed by atoms with E-state index in [1.54, 1.807) is 0 Å². The van der Waals surface area contributed by atoms with E-state index >= 15 is 0 Å². The first-order valence-corrected chi connectivity index (χ1v) is 2.48. The second-order valence-electron chi connectivity index (χ2n) is 0.572. The van der Waals surface area contributed by atoms with Crippen LogP contribution in [0.25, 0.3) is 0 Å². The predicted molar refractivity (Wildman–Crippen MR) is 29.3 cm³/mol. The zero-order chi connectivity index (χ0) is 5.21. The molecule has 8 heavy (non-hydrogen) atoms. The van der Waals surface area contributed by atoms with Crippen LogP contribution in [-0.4, -0.2) is 37.9 Å². The fourth-order valence-corrected chi connectivity index (χ4v) is 0. The van der Waals surface area contributed by atoms with Gasteiger partial charge in [0.15, 0.2) is 17.4 Å². The Bertz CT molecular complexity index is 72.6. The summed E-state index contributed by atoms with van der Waals surface area (Å²) in [6.45, 7) is 0. The largest absolute Gasteiger partial charge is 0.496 e. The lowest BCUT2D eigenvalue weighted by atomic mass is 15.0. The van der Waals surface area contributed by atoms with Crippen molar-refractivity contribution in [1.29, 1.82) is 0 Å². The molecule has 0 aliphatic carbocycles. The summed E-state index contributed by atoms with van der Waals surface area (Å²) in [5.41, 5.74) is 0. The second kappa shape index (κ2) is 5.69. The van der Waals surface area contributed by atoms with Crippen LogP contribution in [0.3, 0.4) is 0 Å². The molecule has 0 rings (SSSR count). The smallest absolute Gasteiger partial charge is 0.412 e. The van der Waals surface area contributed by atoms with E-state index in [0.717, 1.165) is 0 Å². The van der Waals surface area contributed by atoms with E-state index in [2.05, 4.69) is 4.67 Å². The van der Waals surface area contributed by atoms with Crippen molar-refractivity contribution in [3.8, 4) is 0 Å². The van der Waals surface area contributed by atoms with Gasteiger partial charge in [-0.2, -0.15) is 0 Å². The van der Waals surface area contributed by atoms with Gasteiger partial charge in [0.1, 0.15) is 0 Å². The summed E-state index contributed by atoms with van der Waals surface area (Å²) in [6, 6.07) is 0. The summed E-state index contributed by atoms with van der Waals surface area (Å²) in [5.74, 6) is 0.